The molecule has 128 valence electrons. The standard InChI is InChI=1S/C19H20N4O2/c24-15-5-3-4-14(12-15)20-19-16-6-1-2-7-17(16)21-18(22-19)13-23-8-10-25-11-9-23/h1-7,12,24H,8-11,13H2,(H,20,21,22). The van der Waals surface area contributed by atoms with Crippen LogP contribution in [0.4, 0.5) is 11.5 Å². The van der Waals surface area contributed by atoms with Crippen LogP contribution in [0.2, 0.25) is 0 Å². The first-order chi connectivity index (χ1) is 12.3. The lowest BCUT2D eigenvalue weighted by atomic mass is 10.2. The first kappa shape index (κ1) is 15.8. The third kappa shape index (κ3) is 3.70. The summed E-state index contributed by atoms with van der Waals surface area (Å²) in [6.07, 6.45) is 0. The molecular weight excluding hydrogens is 316 g/mol. The maximum absolute atomic E-state index is 9.68. The van der Waals surface area contributed by atoms with E-state index >= 15 is 0 Å². The van der Waals surface area contributed by atoms with Crippen molar-refractivity contribution in [2.45, 2.75) is 6.54 Å². The van der Waals surface area contributed by atoms with E-state index in [0.717, 1.165) is 54.5 Å². The highest BCUT2D eigenvalue weighted by Gasteiger charge is 2.14. The van der Waals surface area contributed by atoms with Crippen LogP contribution in [0.5, 0.6) is 5.75 Å². The van der Waals surface area contributed by atoms with Crippen LogP contribution in [0, 0.1) is 0 Å². The lowest BCUT2D eigenvalue weighted by molar-refractivity contribution is 0.0331. The van der Waals surface area contributed by atoms with Gasteiger partial charge in [0, 0.05) is 30.2 Å². The number of aromatic hydroxyl groups is 1. The molecule has 0 unspecified atom stereocenters. The summed E-state index contributed by atoms with van der Waals surface area (Å²) < 4.78 is 5.40. The van der Waals surface area contributed by atoms with Crippen molar-refractivity contribution < 1.29 is 9.84 Å². The quantitative estimate of drug-likeness (QED) is 0.763. The first-order valence-electron chi connectivity index (χ1n) is 8.40. The molecule has 4 rings (SSSR count). The molecular formula is C19H20N4O2. The van der Waals surface area contributed by atoms with Crippen molar-refractivity contribution in [2.24, 2.45) is 0 Å². The van der Waals surface area contributed by atoms with E-state index in [0.29, 0.717) is 6.54 Å². The monoisotopic (exact) mass is 336 g/mol. The molecule has 0 spiro atoms. The largest absolute Gasteiger partial charge is 0.508 e. The Kier molecular flexibility index (Phi) is 4.45. The zero-order valence-electron chi connectivity index (χ0n) is 13.9. The molecule has 0 amide bonds. The second-order valence-corrected chi connectivity index (χ2v) is 6.07. The van der Waals surface area contributed by atoms with Gasteiger partial charge in [-0.05, 0) is 24.3 Å². The molecule has 25 heavy (non-hydrogen) atoms. The Bertz CT molecular complexity index is 878. The summed E-state index contributed by atoms with van der Waals surface area (Å²) in [7, 11) is 0. The van der Waals surface area contributed by atoms with Gasteiger partial charge in [0.1, 0.15) is 17.4 Å². The van der Waals surface area contributed by atoms with Crippen LogP contribution in [0.3, 0.4) is 0 Å². The third-order valence-electron chi connectivity index (χ3n) is 4.23. The van der Waals surface area contributed by atoms with Gasteiger partial charge in [0.05, 0.1) is 25.3 Å². The van der Waals surface area contributed by atoms with Crippen LogP contribution in [0.1, 0.15) is 5.82 Å². The Morgan fingerprint density at radius 1 is 1.04 bits per heavy atom. The van der Waals surface area contributed by atoms with Crippen molar-refractivity contribution in [3.63, 3.8) is 0 Å². The van der Waals surface area contributed by atoms with E-state index in [1.165, 1.54) is 0 Å². The topological polar surface area (TPSA) is 70.5 Å². The van der Waals surface area contributed by atoms with Gasteiger partial charge in [0.25, 0.3) is 0 Å². The van der Waals surface area contributed by atoms with E-state index in [4.69, 9.17) is 14.7 Å². The molecule has 1 saturated heterocycles. The second-order valence-electron chi connectivity index (χ2n) is 6.07. The van der Waals surface area contributed by atoms with E-state index in [1.54, 1.807) is 18.2 Å². The number of phenolic OH excluding ortho intramolecular Hbond substituents is 1. The average Bonchev–Trinajstić information content (AvgIpc) is 2.63. The molecule has 2 N–H and O–H groups in total. The average molecular weight is 336 g/mol. The van der Waals surface area contributed by atoms with Gasteiger partial charge in [0.15, 0.2) is 0 Å². The van der Waals surface area contributed by atoms with Crippen molar-refractivity contribution in [1.29, 1.82) is 0 Å². The molecule has 2 aromatic carbocycles. The molecule has 0 bridgehead atoms. The van der Waals surface area contributed by atoms with Crippen molar-refractivity contribution in [3.8, 4) is 5.75 Å². The molecule has 0 aliphatic carbocycles. The fourth-order valence-corrected chi connectivity index (χ4v) is 2.97. The molecule has 1 aliphatic heterocycles. The Morgan fingerprint density at radius 2 is 1.88 bits per heavy atom. The molecule has 6 nitrogen and oxygen atoms in total. The fourth-order valence-electron chi connectivity index (χ4n) is 2.97. The number of fused-ring (bicyclic) bond motifs is 1. The zero-order chi connectivity index (χ0) is 17.1. The highest BCUT2D eigenvalue weighted by Crippen LogP contribution is 2.25. The SMILES string of the molecule is Oc1cccc(Nc2nc(CN3CCOCC3)nc3ccccc23)c1. The van der Waals surface area contributed by atoms with Crippen molar-refractivity contribution in [1.82, 2.24) is 14.9 Å². The third-order valence-corrected chi connectivity index (χ3v) is 4.23. The zero-order valence-corrected chi connectivity index (χ0v) is 13.9. The summed E-state index contributed by atoms with van der Waals surface area (Å²) in [5, 5.41) is 14.0. The Morgan fingerprint density at radius 3 is 2.72 bits per heavy atom. The summed E-state index contributed by atoms with van der Waals surface area (Å²) in [5.41, 5.74) is 1.70. The van der Waals surface area contributed by atoms with E-state index in [1.807, 2.05) is 30.3 Å². The number of nitrogens with one attached hydrogen (secondary N) is 1. The van der Waals surface area contributed by atoms with E-state index < -0.39 is 0 Å². The van der Waals surface area contributed by atoms with Crippen molar-refractivity contribution in [3.05, 3.63) is 54.4 Å². The van der Waals surface area contributed by atoms with Crippen molar-refractivity contribution >= 4 is 22.4 Å². The molecule has 0 atom stereocenters. The van der Waals surface area contributed by atoms with Gasteiger partial charge in [-0.2, -0.15) is 0 Å². The first-order valence-corrected chi connectivity index (χ1v) is 8.40. The molecule has 1 aliphatic rings. The molecule has 2 heterocycles. The molecule has 1 aromatic heterocycles. The van der Waals surface area contributed by atoms with E-state index in [9.17, 15) is 5.11 Å². The molecule has 6 heteroatoms. The molecule has 1 fully saturated rings. The number of hydrogen-bond donors (Lipinski definition) is 2. The Hall–Kier alpha value is -2.70. The van der Waals surface area contributed by atoms with Crippen molar-refractivity contribution in [2.75, 3.05) is 31.6 Å². The number of rotatable bonds is 4. The smallest absolute Gasteiger partial charge is 0.145 e. The number of hydrogen-bond acceptors (Lipinski definition) is 6. The lowest BCUT2D eigenvalue weighted by Gasteiger charge is -2.26. The Balaban J connectivity index is 1.68. The lowest BCUT2D eigenvalue weighted by Crippen LogP contribution is -2.36. The predicted molar refractivity (Wildman–Crippen MR) is 97.0 cm³/mol. The number of aromatic nitrogens is 2. The maximum Gasteiger partial charge on any atom is 0.145 e. The number of anilines is 2. The number of ether oxygens (including phenoxy) is 1. The van der Waals surface area contributed by atoms with E-state index in [-0.39, 0.29) is 5.75 Å². The predicted octanol–water partition coefficient (Wildman–Crippen LogP) is 2.91. The van der Waals surface area contributed by atoms with Crippen LogP contribution < -0.4 is 5.32 Å². The fraction of sp³-hybridized carbons (Fsp3) is 0.263. The maximum atomic E-state index is 9.68. The summed E-state index contributed by atoms with van der Waals surface area (Å²) in [5.74, 6) is 1.75. The minimum absolute atomic E-state index is 0.219. The van der Waals surface area contributed by atoms with Crippen LogP contribution in [-0.2, 0) is 11.3 Å². The summed E-state index contributed by atoms with van der Waals surface area (Å²) in [6.45, 7) is 3.99. The van der Waals surface area contributed by atoms with Crippen LogP contribution in [-0.4, -0.2) is 46.3 Å². The van der Waals surface area contributed by atoms with Gasteiger partial charge < -0.3 is 15.2 Å². The normalized spacial score (nSPS) is 15.4. The molecule has 3 aromatic rings. The van der Waals surface area contributed by atoms with Crippen LogP contribution in [0.15, 0.2) is 48.5 Å². The second kappa shape index (κ2) is 7.04. The molecule has 0 saturated carbocycles. The summed E-state index contributed by atoms with van der Waals surface area (Å²) in [4.78, 5) is 11.7. The number of benzene rings is 2. The number of phenols is 1. The summed E-state index contributed by atoms with van der Waals surface area (Å²) in [6, 6.07) is 15.0. The minimum Gasteiger partial charge on any atom is -0.508 e. The van der Waals surface area contributed by atoms with Gasteiger partial charge in [-0.25, -0.2) is 9.97 Å². The van der Waals surface area contributed by atoms with Gasteiger partial charge in [0.2, 0.25) is 0 Å². The number of para-hydroxylation sites is 1. The number of morpholine rings is 1. The highest BCUT2D eigenvalue weighted by atomic mass is 16.5. The molecule has 0 radical (unpaired) electrons. The van der Waals surface area contributed by atoms with Gasteiger partial charge in [-0.15, -0.1) is 0 Å². The van der Waals surface area contributed by atoms with Crippen LogP contribution >= 0.6 is 0 Å². The van der Waals surface area contributed by atoms with Gasteiger partial charge in [-0.1, -0.05) is 18.2 Å². The minimum atomic E-state index is 0.219. The van der Waals surface area contributed by atoms with Gasteiger partial charge >= 0.3 is 0 Å². The van der Waals surface area contributed by atoms with Crippen LogP contribution in [0.25, 0.3) is 10.9 Å². The van der Waals surface area contributed by atoms with Gasteiger partial charge in [-0.3, -0.25) is 4.90 Å². The number of nitrogens with zero attached hydrogens (tertiary/aromatic N) is 3. The Labute approximate surface area is 146 Å². The highest BCUT2D eigenvalue weighted by molar-refractivity contribution is 5.90. The van der Waals surface area contributed by atoms with E-state index in [2.05, 4.69) is 10.2 Å². The summed E-state index contributed by atoms with van der Waals surface area (Å²) >= 11 is 0.